The van der Waals surface area contributed by atoms with Gasteiger partial charge in [0.2, 0.25) is 11.8 Å². The third kappa shape index (κ3) is 2.82. The summed E-state index contributed by atoms with van der Waals surface area (Å²) < 4.78 is 5.38. The lowest BCUT2D eigenvalue weighted by molar-refractivity contribution is -0.123. The maximum absolute atomic E-state index is 13.7. The summed E-state index contributed by atoms with van der Waals surface area (Å²) in [6.07, 6.45) is 0.836. The number of amides is 2. The lowest BCUT2D eigenvalue weighted by Gasteiger charge is -2.43. The predicted octanol–water partition coefficient (Wildman–Crippen LogP) is 3.83. The van der Waals surface area contributed by atoms with E-state index in [0.29, 0.717) is 11.4 Å². The molecule has 0 unspecified atom stereocenters. The van der Waals surface area contributed by atoms with Gasteiger partial charge in [-0.25, -0.2) is 0 Å². The standard InChI is InChI=1S/C26H22N2O5S2/c1-33-16-9-11(7-8-15(16)29)17-18-13-10-14(21(18)34-23-22(17)35-26(32)27-23)20-19(13)24(30)28(25(20)31)12-5-3-2-4-6-12/h2-9,13-14,17-21,29H,10H2,1H3,(H,27,32)/t13-,14+,17+,18+,19+,20+,21-/m0/s1. The van der Waals surface area contributed by atoms with Gasteiger partial charge >= 0.3 is 4.87 Å². The minimum atomic E-state index is -0.340. The maximum Gasteiger partial charge on any atom is 0.305 e. The van der Waals surface area contributed by atoms with E-state index in [0.717, 1.165) is 21.9 Å². The molecule has 7 rings (SSSR count). The number of phenols is 1. The zero-order valence-corrected chi connectivity index (χ0v) is 20.3. The van der Waals surface area contributed by atoms with Crippen molar-refractivity contribution in [3.05, 3.63) is 68.6 Å². The Morgan fingerprint density at radius 1 is 1.03 bits per heavy atom. The Morgan fingerprint density at radius 3 is 2.51 bits per heavy atom. The van der Waals surface area contributed by atoms with E-state index >= 15 is 0 Å². The molecular formula is C26H22N2O5S2. The van der Waals surface area contributed by atoms with Crippen LogP contribution in [-0.4, -0.2) is 34.3 Å². The van der Waals surface area contributed by atoms with Gasteiger partial charge in [-0.3, -0.25) is 19.3 Å². The molecular weight excluding hydrogens is 484 g/mol. The molecule has 1 saturated heterocycles. The van der Waals surface area contributed by atoms with Crippen molar-refractivity contribution in [2.75, 3.05) is 12.0 Å². The summed E-state index contributed by atoms with van der Waals surface area (Å²) in [5, 5.41) is 11.2. The number of methoxy groups -OCH3 is 1. The van der Waals surface area contributed by atoms with E-state index in [1.54, 1.807) is 17.8 Å². The van der Waals surface area contributed by atoms with Crippen LogP contribution in [0, 0.1) is 29.6 Å². The molecule has 2 aliphatic carbocycles. The van der Waals surface area contributed by atoms with Gasteiger partial charge in [0.1, 0.15) is 0 Å². The van der Waals surface area contributed by atoms with Gasteiger partial charge in [-0.05, 0) is 54.0 Å². The number of phenolic OH excluding ortho intramolecular Hbond substituents is 1. The summed E-state index contributed by atoms with van der Waals surface area (Å²) in [5.74, 6) is -0.301. The highest BCUT2D eigenvalue weighted by molar-refractivity contribution is 8.00. The number of imide groups is 1. The van der Waals surface area contributed by atoms with Crippen LogP contribution in [0.3, 0.4) is 0 Å². The minimum absolute atomic E-state index is 0.0443. The minimum Gasteiger partial charge on any atom is -0.504 e. The number of hydrogen-bond donors (Lipinski definition) is 2. The first kappa shape index (κ1) is 21.3. The number of thiazole rings is 1. The van der Waals surface area contributed by atoms with Crippen LogP contribution in [0.2, 0.25) is 0 Å². The number of para-hydroxylation sites is 1. The molecule has 2 saturated carbocycles. The number of nitrogens with zero attached hydrogens (tertiary/aromatic N) is 1. The number of aromatic hydroxyl groups is 1. The Bertz CT molecular complexity index is 1430. The zero-order valence-electron chi connectivity index (χ0n) is 18.7. The first-order chi connectivity index (χ1) is 17.0. The number of ether oxygens (including phenoxy) is 1. The van der Waals surface area contributed by atoms with Crippen LogP contribution in [0.15, 0.2) is 58.4 Å². The first-order valence-corrected chi connectivity index (χ1v) is 13.4. The third-order valence-electron chi connectivity index (χ3n) is 8.30. The highest BCUT2D eigenvalue weighted by Crippen LogP contribution is 2.68. The number of anilines is 1. The number of hydrogen-bond acceptors (Lipinski definition) is 7. The van der Waals surface area contributed by atoms with Crippen LogP contribution in [0.5, 0.6) is 11.5 Å². The summed E-state index contributed by atoms with van der Waals surface area (Å²) in [6, 6.07) is 14.5. The normalized spacial score (nSPS) is 32.5. The molecule has 2 N–H and O–H groups in total. The number of carbonyl (C=O) groups is 2. The van der Waals surface area contributed by atoms with Gasteiger partial charge in [0.15, 0.2) is 11.5 Å². The molecule has 3 fully saturated rings. The van der Waals surface area contributed by atoms with Crippen molar-refractivity contribution in [3.63, 3.8) is 0 Å². The first-order valence-electron chi connectivity index (χ1n) is 11.7. The average Bonchev–Trinajstić information content (AvgIpc) is 3.59. The van der Waals surface area contributed by atoms with Crippen LogP contribution < -0.4 is 14.5 Å². The van der Waals surface area contributed by atoms with Crippen molar-refractivity contribution in [2.24, 2.45) is 29.6 Å². The highest BCUT2D eigenvalue weighted by atomic mass is 32.2. The van der Waals surface area contributed by atoms with E-state index in [1.165, 1.54) is 23.3 Å². The molecule has 2 bridgehead atoms. The molecule has 1 aromatic heterocycles. The van der Waals surface area contributed by atoms with Crippen LogP contribution in [0.1, 0.15) is 22.8 Å². The van der Waals surface area contributed by atoms with Crippen LogP contribution in [0.25, 0.3) is 0 Å². The molecule has 4 aliphatic rings. The van der Waals surface area contributed by atoms with Crippen molar-refractivity contribution >= 4 is 40.6 Å². The smallest absolute Gasteiger partial charge is 0.305 e. The Hall–Kier alpha value is -3.04. The monoisotopic (exact) mass is 506 g/mol. The topological polar surface area (TPSA) is 99.7 Å². The van der Waals surface area contributed by atoms with Gasteiger partial charge in [0.05, 0.1) is 29.7 Å². The van der Waals surface area contributed by atoms with E-state index in [1.807, 2.05) is 42.5 Å². The number of benzene rings is 2. The Labute approximate surface area is 209 Å². The van der Waals surface area contributed by atoms with E-state index in [2.05, 4.69) is 4.98 Å². The van der Waals surface area contributed by atoms with Crippen molar-refractivity contribution in [3.8, 4) is 11.5 Å². The summed E-state index contributed by atoms with van der Waals surface area (Å²) >= 11 is 2.88. The van der Waals surface area contributed by atoms with Gasteiger partial charge < -0.3 is 14.8 Å². The molecule has 9 heteroatoms. The maximum atomic E-state index is 13.7. The van der Waals surface area contributed by atoms with E-state index < -0.39 is 0 Å². The molecule has 0 spiro atoms. The molecule has 2 aliphatic heterocycles. The third-order valence-corrected chi connectivity index (χ3v) is 10.9. The van der Waals surface area contributed by atoms with Crippen molar-refractivity contribution in [1.29, 1.82) is 0 Å². The molecule has 35 heavy (non-hydrogen) atoms. The Morgan fingerprint density at radius 2 is 1.77 bits per heavy atom. The number of rotatable bonds is 3. The molecule has 178 valence electrons. The van der Waals surface area contributed by atoms with Crippen LogP contribution in [0.4, 0.5) is 5.69 Å². The fraction of sp³-hybridized carbons (Fsp3) is 0.346. The molecule has 3 heterocycles. The van der Waals surface area contributed by atoms with Crippen molar-refractivity contribution in [1.82, 2.24) is 4.98 Å². The second-order valence-corrected chi connectivity index (χ2v) is 11.9. The summed E-state index contributed by atoms with van der Waals surface area (Å²) in [6.45, 7) is 0. The number of H-pyrrole nitrogens is 1. The molecule has 3 aromatic rings. The predicted molar refractivity (Wildman–Crippen MR) is 132 cm³/mol. The second kappa shape index (κ2) is 7.48. The van der Waals surface area contributed by atoms with E-state index in [-0.39, 0.29) is 63.2 Å². The number of thioether (sulfide) groups is 1. The fourth-order valence-corrected chi connectivity index (χ4v) is 10.00. The number of aromatic nitrogens is 1. The number of carbonyl (C=O) groups excluding carboxylic acids is 2. The quantitative estimate of drug-likeness (QED) is 0.524. The Kier molecular flexibility index (Phi) is 4.54. The van der Waals surface area contributed by atoms with E-state index in [9.17, 15) is 19.5 Å². The molecule has 2 aromatic carbocycles. The number of nitrogens with one attached hydrogen (secondary N) is 1. The lowest BCUT2D eigenvalue weighted by Crippen LogP contribution is -2.42. The highest BCUT2D eigenvalue weighted by Gasteiger charge is 2.69. The Balaban J connectivity index is 1.34. The summed E-state index contributed by atoms with van der Waals surface area (Å²) in [4.78, 5) is 44.9. The summed E-state index contributed by atoms with van der Waals surface area (Å²) in [7, 11) is 1.52. The number of fused-ring (bicyclic) bond motifs is 9. The van der Waals surface area contributed by atoms with Crippen LogP contribution in [-0.2, 0) is 9.59 Å². The lowest BCUT2D eigenvalue weighted by atomic mass is 9.68. The van der Waals surface area contributed by atoms with Gasteiger partial charge in [-0.2, -0.15) is 0 Å². The molecule has 7 nitrogen and oxygen atoms in total. The van der Waals surface area contributed by atoms with Crippen molar-refractivity contribution in [2.45, 2.75) is 22.6 Å². The van der Waals surface area contributed by atoms with Gasteiger partial charge in [-0.15, -0.1) is 11.8 Å². The van der Waals surface area contributed by atoms with Gasteiger partial charge in [-0.1, -0.05) is 35.6 Å². The van der Waals surface area contributed by atoms with Gasteiger partial charge in [0.25, 0.3) is 0 Å². The zero-order chi connectivity index (χ0) is 24.0. The van der Waals surface area contributed by atoms with E-state index in [4.69, 9.17) is 4.74 Å². The SMILES string of the molecule is COc1cc([C@H]2c3sc(=O)[nH]c3S[C@H]3[C@@H]4C[C@H]([C@H]5C(=O)N(c6ccccc6)C(=O)[C@H]45)[C@H]23)ccc1O. The summed E-state index contributed by atoms with van der Waals surface area (Å²) in [5.41, 5.74) is 1.59. The number of aromatic amines is 1. The molecule has 7 atom stereocenters. The largest absolute Gasteiger partial charge is 0.504 e. The molecule has 2 amide bonds. The molecule has 0 radical (unpaired) electrons. The fourth-order valence-electron chi connectivity index (χ4n) is 7.11. The van der Waals surface area contributed by atoms with Gasteiger partial charge in [0, 0.05) is 16.0 Å². The van der Waals surface area contributed by atoms with Crippen LogP contribution >= 0.6 is 23.1 Å². The second-order valence-electron chi connectivity index (χ2n) is 9.74. The van der Waals surface area contributed by atoms with Crippen molar-refractivity contribution < 1.29 is 19.4 Å². The average molecular weight is 507 g/mol.